The van der Waals surface area contributed by atoms with E-state index in [4.69, 9.17) is 0 Å². The molecule has 112 valence electrons. The molecule has 0 aliphatic carbocycles. The minimum atomic E-state index is -0.340. The number of nitrogens with one attached hydrogen (secondary N) is 1. The third-order valence-corrected chi connectivity index (χ3v) is 4.51. The molecule has 20 heavy (non-hydrogen) atoms. The van der Waals surface area contributed by atoms with Crippen LogP contribution in [0.4, 0.5) is 14.5 Å². The van der Waals surface area contributed by atoms with Gasteiger partial charge in [0.05, 0.1) is 5.69 Å². The highest BCUT2D eigenvalue weighted by Crippen LogP contribution is 2.30. The van der Waals surface area contributed by atoms with Crippen LogP contribution in [0.1, 0.15) is 39.2 Å². The molecule has 0 aromatic heterocycles. The number of hydrogen-bond donors (Lipinski definition) is 1. The molecular formula is C16H24F2N2. The third-order valence-electron chi connectivity index (χ3n) is 4.51. The second-order valence-electron chi connectivity index (χ2n) is 6.04. The molecule has 2 nitrogen and oxygen atoms in total. The Hall–Kier alpha value is -1.16. The zero-order chi connectivity index (χ0) is 14.9. The van der Waals surface area contributed by atoms with Gasteiger partial charge in [0, 0.05) is 30.7 Å². The van der Waals surface area contributed by atoms with E-state index in [9.17, 15) is 8.78 Å². The Balaban J connectivity index is 2.39. The molecular weight excluding hydrogens is 258 g/mol. The Bertz CT molecular complexity index is 490. The number of anilines is 1. The minimum Gasteiger partial charge on any atom is -0.363 e. The third kappa shape index (κ3) is 2.80. The Kier molecular flexibility index (Phi) is 4.33. The van der Waals surface area contributed by atoms with E-state index in [0.29, 0.717) is 17.8 Å². The van der Waals surface area contributed by atoms with Crippen molar-refractivity contribution in [2.75, 3.05) is 18.0 Å². The van der Waals surface area contributed by atoms with Crippen LogP contribution in [0.3, 0.4) is 0 Å². The van der Waals surface area contributed by atoms with Gasteiger partial charge in [0.1, 0.15) is 11.6 Å². The number of benzene rings is 1. The maximum absolute atomic E-state index is 14.3. The largest absolute Gasteiger partial charge is 0.363 e. The molecule has 1 N–H and O–H groups in total. The quantitative estimate of drug-likeness (QED) is 0.910. The van der Waals surface area contributed by atoms with Gasteiger partial charge in [-0.25, -0.2) is 8.78 Å². The maximum atomic E-state index is 14.3. The molecule has 0 amide bonds. The molecule has 1 saturated heterocycles. The van der Waals surface area contributed by atoms with Crippen molar-refractivity contribution < 1.29 is 8.78 Å². The first-order valence-corrected chi connectivity index (χ1v) is 7.37. The molecule has 2 rings (SSSR count). The van der Waals surface area contributed by atoms with Crippen LogP contribution in [0.15, 0.2) is 12.1 Å². The molecule has 1 heterocycles. The van der Waals surface area contributed by atoms with Crippen LogP contribution < -0.4 is 10.2 Å². The highest BCUT2D eigenvalue weighted by Gasteiger charge is 2.35. The molecule has 0 bridgehead atoms. The molecule has 2 unspecified atom stereocenters. The molecule has 2 atom stereocenters. The lowest BCUT2D eigenvalue weighted by atomic mass is 9.92. The Morgan fingerprint density at radius 2 is 2.00 bits per heavy atom. The number of rotatable bonds is 3. The van der Waals surface area contributed by atoms with E-state index in [2.05, 4.69) is 26.1 Å². The number of nitrogens with zero attached hydrogens (tertiary/aromatic N) is 1. The summed E-state index contributed by atoms with van der Waals surface area (Å²) in [6, 6.07) is 2.84. The van der Waals surface area contributed by atoms with E-state index in [1.165, 1.54) is 12.1 Å². The van der Waals surface area contributed by atoms with Crippen molar-refractivity contribution in [1.29, 1.82) is 0 Å². The summed E-state index contributed by atoms with van der Waals surface area (Å²) in [5.74, 6) is -0.671. The first kappa shape index (κ1) is 15.2. The summed E-state index contributed by atoms with van der Waals surface area (Å²) in [5, 5.41) is 3.53. The van der Waals surface area contributed by atoms with E-state index >= 15 is 0 Å². The number of aryl methyl sites for hydroxylation is 1. The molecule has 4 heteroatoms. The van der Waals surface area contributed by atoms with Crippen molar-refractivity contribution in [2.24, 2.45) is 0 Å². The second kappa shape index (κ2) is 5.68. The van der Waals surface area contributed by atoms with E-state index < -0.39 is 0 Å². The van der Waals surface area contributed by atoms with Crippen molar-refractivity contribution in [3.8, 4) is 0 Å². The summed E-state index contributed by atoms with van der Waals surface area (Å²) >= 11 is 0. The Labute approximate surface area is 120 Å². The molecule has 1 aromatic rings. The first-order chi connectivity index (χ1) is 9.40. The fourth-order valence-electron chi connectivity index (χ4n) is 2.77. The van der Waals surface area contributed by atoms with Gasteiger partial charge in [0.15, 0.2) is 0 Å². The SMILES string of the molecule is CCC1CNC(C)(CC)CN1c1cc(F)c(C)cc1F. The van der Waals surface area contributed by atoms with Crippen molar-refractivity contribution in [2.45, 2.75) is 52.1 Å². The number of piperazine rings is 1. The highest BCUT2D eigenvalue weighted by molar-refractivity contribution is 5.51. The molecule has 0 spiro atoms. The Morgan fingerprint density at radius 1 is 1.30 bits per heavy atom. The molecule has 1 fully saturated rings. The van der Waals surface area contributed by atoms with Crippen molar-refractivity contribution in [1.82, 2.24) is 5.32 Å². The van der Waals surface area contributed by atoms with Gasteiger partial charge in [-0.3, -0.25) is 0 Å². The van der Waals surface area contributed by atoms with Crippen molar-refractivity contribution in [3.05, 3.63) is 29.3 Å². The van der Waals surface area contributed by atoms with Crippen LogP contribution in [0.25, 0.3) is 0 Å². The summed E-state index contributed by atoms with van der Waals surface area (Å²) < 4.78 is 28.1. The summed E-state index contributed by atoms with van der Waals surface area (Å²) in [6.45, 7) is 9.42. The standard InChI is InChI=1S/C16H24F2N2/c1-5-12-9-19-16(4,6-2)10-20(12)15-8-13(17)11(3)7-14(15)18/h7-8,12,19H,5-6,9-10H2,1-4H3. The van der Waals surface area contributed by atoms with Crippen LogP contribution in [0.2, 0.25) is 0 Å². The van der Waals surface area contributed by atoms with Crippen molar-refractivity contribution in [3.63, 3.8) is 0 Å². The van der Waals surface area contributed by atoms with Crippen LogP contribution in [-0.2, 0) is 0 Å². The van der Waals surface area contributed by atoms with Crippen LogP contribution in [-0.4, -0.2) is 24.7 Å². The molecule has 0 radical (unpaired) electrons. The monoisotopic (exact) mass is 282 g/mol. The van der Waals surface area contributed by atoms with E-state index in [1.807, 2.05) is 4.90 Å². The van der Waals surface area contributed by atoms with E-state index in [1.54, 1.807) is 6.92 Å². The lowest BCUT2D eigenvalue weighted by molar-refractivity contribution is 0.274. The zero-order valence-corrected chi connectivity index (χ0v) is 12.8. The maximum Gasteiger partial charge on any atom is 0.146 e. The Morgan fingerprint density at radius 3 is 2.60 bits per heavy atom. The average Bonchev–Trinajstić information content (AvgIpc) is 2.43. The molecule has 1 aliphatic heterocycles. The molecule has 0 saturated carbocycles. The zero-order valence-electron chi connectivity index (χ0n) is 12.8. The number of hydrogen-bond acceptors (Lipinski definition) is 2. The van der Waals surface area contributed by atoms with Gasteiger partial charge >= 0.3 is 0 Å². The first-order valence-electron chi connectivity index (χ1n) is 7.37. The highest BCUT2D eigenvalue weighted by atomic mass is 19.1. The van der Waals surface area contributed by atoms with Gasteiger partial charge in [-0.1, -0.05) is 13.8 Å². The van der Waals surface area contributed by atoms with Crippen LogP contribution in [0.5, 0.6) is 0 Å². The van der Waals surface area contributed by atoms with Gasteiger partial charge in [0.25, 0.3) is 0 Å². The normalized spacial score (nSPS) is 26.9. The summed E-state index contributed by atoms with van der Waals surface area (Å²) in [5.41, 5.74) is 0.688. The van der Waals surface area contributed by atoms with Gasteiger partial charge in [-0.15, -0.1) is 0 Å². The summed E-state index contributed by atoms with van der Waals surface area (Å²) in [4.78, 5) is 2.03. The topological polar surface area (TPSA) is 15.3 Å². The smallest absolute Gasteiger partial charge is 0.146 e. The fourth-order valence-corrected chi connectivity index (χ4v) is 2.77. The predicted octanol–water partition coefficient (Wildman–Crippen LogP) is 3.63. The van der Waals surface area contributed by atoms with Gasteiger partial charge in [0.2, 0.25) is 0 Å². The number of halogens is 2. The molecule has 1 aromatic carbocycles. The van der Waals surface area contributed by atoms with E-state index in [-0.39, 0.29) is 23.2 Å². The lowest BCUT2D eigenvalue weighted by Crippen LogP contribution is -2.63. The fraction of sp³-hybridized carbons (Fsp3) is 0.625. The molecule has 1 aliphatic rings. The van der Waals surface area contributed by atoms with Crippen LogP contribution in [0, 0.1) is 18.6 Å². The van der Waals surface area contributed by atoms with Crippen molar-refractivity contribution >= 4 is 5.69 Å². The van der Waals surface area contributed by atoms with Crippen LogP contribution >= 0.6 is 0 Å². The average molecular weight is 282 g/mol. The van der Waals surface area contributed by atoms with Gasteiger partial charge in [-0.2, -0.15) is 0 Å². The minimum absolute atomic E-state index is 0.0561. The van der Waals surface area contributed by atoms with Gasteiger partial charge < -0.3 is 10.2 Å². The van der Waals surface area contributed by atoms with E-state index in [0.717, 1.165) is 19.4 Å². The predicted molar refractivity (Wildman–Crippen MR) is 79.2 cm³/mol. The van der Waals surface area contributed by atoms with Gasteiger partial charge in [-0.05, 0) is 38.3 Å². The lowest BCUT2D eigenvalue weighted by Gasteiger charge is -2.47. The summed E-state index contributed by atoms with van der Waals surface area (Å²) in [7, 11) is 0. The summed E-state index contributed by atoms with van der Waals surface area (Å²) in [6.07, 6.45) is 1.86. The second-order valence-corrected chi connectivity index (χ2v) is 6.04.